The van der Waals surface area contributed by atoms with Gasteiger partial charge in [-0.3, -0.25) is 0 Å². The molecule has 0 aromatic heterocycles. The van der Waals surface area contributed by atoms with Gasteiger partial charge in [-0.25, -0.2) is 0 Å². The fourth-order valence-corrected chi connectivity index (χ4v) is 2.24. The van der Waals surface area contributed by atoms with Crippen molar-refractivity contribution in [2.75, 3.05) is 0 Å². The van der Waals surface area contributed by atoms with E-state index in [4.69, 9.17) is 0 Å². The monoisotopic (exact) mass is 284 g/mol. The van der Waals surface area contributed by atoms with Crippen LogP contribution < -0.4 is 0 Å². The van der Waals surface area contributed by atoms with Gasteiger partial charge in [0.05, 0.1) is 21.9 Å². The minimum Gasteiger partial charge on any atom is -0.388 e. The van der Waals surface area contributed by atoms with E-state index in [9.17, 15) is 10.2 Å². The Bertz CT molecular complexity index is 181. The van der Waals surface area contributed by atoms with E-state index in [2.05, 4.69) is 31.9 Å². The van der Waals surface area contributed by atoms with E-state index >= 15 is 0 Å². The van der Waals surface area contributed by atoms with Crippen LogP contribution >= 0.6 is 31.9 Å². The van der Waals surface area contributed by atoms with E-state index < -0.39 is 12.2 Å². The van der Waals surface area contributed by atoms with E-state index in [1.54, 1.807) is 13.0 Å². The molecule has 0 saturated heterocycles. The second-order valence-electron chi connectivity index (χ2n) is 2.73. The average Bonchev–Trinajstić information content (AvgIpc) is 1.97. The van der Waals surface area contributed by atoms with E-state index in [-0.39, 0.29) is 9.65 Å². The second-order valence-corrected chi connectivity index (χ2v) is 4.85. The maximum atomic E-state index is 9.48. The zero-order valence-corrected chi connectivity index (χ0v) is 9.21. The summed E-state index contributed by atoms with van der Waals surface area (Å²) >= 11 is 6.59. The van der Waals surface area contributed by atoms with Crippen molar-refractivity contribution in [3.05, 3.63) is 11.6 Å². The fraction of sp³-hybridized carbons (Fsp3) is 0.714. The molecule has 2 N–H and O–H groups in total. The molecular weight excluding hydrogens is 276 g/mol. The van der Waals surface area contributed by atoms with Crippen LogP contribution in [-0.4, -0.2) is 32.1 Å². The summed E-state index contributed by atoms with van der Waals surface area (Å²) in [5.74, 6) is 0. The zero-order chi connectivity index (χ0) is 8.59. The maximum Gasteiger partial charge on any atom is 0.0885 e. The molecule has 0 fully saturated rings. The van der Waals surface area contributed by atoms with E-state index in [0.717, 1.165) is 5.57 Å². The van der Waals surface area contributed by atoms with Gasteiger partial charge in [-0.1, -0.05) is 37.9 Å². The highest BCUT2D eigenvalue weighted by atomic mass is 79.9. The number of aliphatic hydroxyl groups is 2. The normalized spacial score (nSPS) is 45.4. The molecule has 0 radical (unpaired) electrons. The van der Waals surface area contributed by atoms with Gasteiger partial charge in [0.1, 0.15) is 0 Å². The molecule has 0 amide bonds. The summed E-state index contributed by atoms with van der Waals surface area (Å²) in [6.07, 6.45) is 0.660. The topological polar surface area (TPSA) is 40.5 Å². The highest BCUT2D eigenvalue weighted by molar-refractivity contribution is 9.12. The molecule has 0 aliphatic heterocycles. The molecule has 0 spiro atoms. The predicted molar refractivity (Wildman–Crippen MR) is 51.2 cm³/mol. The largest absolute Gasteiger partial charge is 0.388 e. The van der Waals surface area contributed by atoms with Crippen LogP contribution in [-0.2, 0) is 0 Å². The molecule has 0 aromatic carbocycles. The number of halogens is 2. The van der Waals surface area contributed by atoms with Gasteiger partial charge in [0.2, 0.25) is 0 Å². The second kappa shape index (κ2) is 3.56. The summed E-state index contributed by atoms with van der Waals surface area (Å²) in [6.45, 7) is 1.81. The Morgan fingerprint density at radius 1 is 1.27 bits per heavy atom. The lowest BCUT2D eigenvalue weighted by Crippen LogP contribution is -2.40. The highest BCUT2D eigenvalue weighted by Crippen LogP contribution is 2.30. The van der Waals surface area contributed by atoms with Crippen LogP contribution in [0.3, 0.4) is 0 Å². The minimum absolute atomic E-state index is 0.109. The van der Waals surface area contributed by atoms with E-state index in [1.165, 1.54) is 0 Å². The molecule has 11 heavy (non-hydrogen) atoms. The lowest BCUT2D eigenvalue weighted by molar-refractivity contribution is 0.151. The Kier molecular flexibility index (Phi) is 3.14. The molecule has 0 bridgehead atoms. The van der Waals surface area contributed by atoms with Crippen LogP contribution in [0.25, 0.3) is 0 Å². The van der Waals surface area contributed by atoms with Gasteiger partial charge < -0.3 is 10.2 Å². The Labute approximate surface area is 82.6 Å². The van der Waals surface area contributed by atoms with Crippen molar-refractivity contribution in [2.24, 2.45) is 0 Å². The van der Waals surface area contributed by atoms with Gasteiger partial charge in [-0.05, 0) is 12.5 Å². The summed E-state index contributed by atoms with van der Waals surface area (Å²) in [5, 5.41) is 18.9. The first-order valence-corrected chi connectivity index (χ1v) is 5.19. The van der Waals surface area contributed by atoms with E-state index in [1.807, 2.05) is 0 Å². The quantitative estimate of drug-likeness (QED) is 0.519. The van der Waals surface area contributed by atoms with Gasteiger partial charge in [0.25, 0.3) is 0 Å². The number of rotatable bonds is 0. The van der Waals surface area contributed by atoms with Crippen molar-refractivity contribution in [1.82, 2.24) is 0 Å². The molecule has 4 atom stereocenters. The molecular formula is C7H10Br2O2. The molecule has 1 aliphatic carbocycles. The van der Waals surface area contributed by atoms with Crippen molar-refractivity contribution in [1.29, 1.82) is 0 Å². The van der Waals surface area contributed by atoms with Gasteiger partial charge in [0, 0.05) is 0 Å². The molecule has 1 aliphatic rings. The van der Waals surface area contributed by atoms with Crippen LogP contribution in [0.5, 0.6) is 0 Å². The number of alkyl halides is 2. The van der Waals surface area contributed by atoms with Crippen LogP contribution in [0.2, 0.25) is 0 Å². The highest BCUT2D eigenvalue weighted by Gasteiger charge is 2.33. The molecule has 0 saturated carbocycles. The lowest BCUT2D eigenvalue weighted by atomic mass is 9.96. The molecule has 4 heteroatoms. The number of aliphatic hydroxyl groups excluding tert-OH is 2. The van der Waals surface area contributed by atoms with Crippen LogP contribution in [0.15, 0.2) is 11.6 Å². The van der Waals surface area contributed by atoms with Gasteiger partial charge in [-0.2, -0.15) is 0 Å². The summed E-state index contributed by atoms with van der Waals surface area (Å²) in [6, 6.07) is 0. The average molecular weight is 286 g/mol. The Morgan fingerprint density at radius 2 is 1.82 bits per heavy atom. The van der Waals surface area contributed by atoms with Crippen LogP contribution in [0, 0.1) is 0 Å². The van der Waals surface area contributed by atoms with Gasteiger partial charge >= 0.3 is 0 Å². The lowest BCUT2D eigenvalue weighted by Gasteiger charge is -2.30. The third-order valence-electron chi connectivity index (χ3n) is 1.83. The molecule has 0 aromatic rings. The summed E-state index contributed by atoms with van der Waals surface area (Å²) in [4.78, 5) is -0.219. The molecule has 0 unspecified atom stereocenters. The molecule has 64 valence electrons. The molecule has 1 rings (SSSR count). The standard InChI is InChI=1S/C7H10Br2O2/c1-3-2-4(10)5(8)6(9)7(3)11/h2,4-7,10-11H,1H3/t4-,5+,6-,7-/m1/s1. The third kappa shape index (κ3) is 1.86. The van der Waals surface area contributed by atoms with Crippen molar-refractivity contribution >= 4 is 31.9 Å². The fourth-order valence-electron chi connectivity index (χ4n) is 1.07. The van der Waals surface area contributed by atoms with Crippen LogP contribution in [0.1, 0.15) is 6.92 Å². The Hall–Kier alpha value is 0.620. The first kappa shape index (κ1) is 9.71. The summed E-state index contributed by atoms with van der Waals surface area (Å²) in [7, 11) is 0. The van der Waals surface area contributed by atoms with Crippen molar-refractivity contribution < 1.29 is 10.2 Å². The Morgan fingerprint density at radius 3 is 2.36 bits per heavy atom. The van der Waals surface area contributed by atoms with Crippen molar-refractivity contribution in [3.63, 3.8) is 0 Å². The first-order valence-electron chi connectivity index (χ1n) is 3.36. The van der Waals surface area contributed by atoms with E-state index in [0.29, 0.717) is 0 Å². The molecule has 2 nitrogen and oxygen atoms in total. The minimum atomic E-state index is -0.511. The molecule has 0 heterocycles. The van der Waals surface area contributed by atoms with Crippen molar-refractivity contribution in [2.45, 2.75) is 28.8 Å². The van der Waals surface area contributed by atoms with Crippen molar-refractivity contribution in [3.8, 4) is 0 Å². The Balaban J connectivity index is 2.83. The predicted octanol–water partition coefficient (Wildman–Crippen LogP) is 1.20. The maximum absolute atomic E-state index is 9.48. The first-order chi connectivity index (χ1) is 5.04. The number of hydrogen-bond acceptors (Lipinski definition) is 2. The third-order valence-corrected chi connectivity index (χ3v) is 4.72. The summed E-state index contributed by atoms with van der Waals surface area (Å²) < 4.78 is 0. The zero-order valence-electron chi connectivity index (χ0n) is 6.04. The number of hydrogen-bond donors (Lipinski definition) is 2. The van der Waals surface area contributed by atoms with Crippen LogP contribution in [0.4, 0.5) is 0 Å². The van der Waals surface area contributed by atoms with Gasteiger partial charge in [0.15, 0.2) is 0 Å². The smallest absolute Gasteiger partial charge is 0.0885 e. The van der Waals surface area contributed by atoms with Gasteiger partial charge in [-0.15, -0.1) is 0 Å². The summed E-state index contributed by atoms with van der Waals surface area (Å²) in [5.41, 5.74) is 0.815. The SMILES string of the molecule is CC1=C[C@@H](O)[C@H](Br)[C@@H](Br)[C@@H]1O.